The molecular weight excluding hydrogens is 290 g/mol. The van der Waals surface area contributed by atoms with Gasteiger partial charge in [0.2, 0.25) is 0 Å². The van der Waals surface area contributed by atoms with Crippen molar-refractivity contribution in [1.82, 2.24) is 19.6 Å². The van der Waals surface area contributed by atoms with Crippen LogP contribution >= 0.6 is 0 Å². The Labute approximate surface area is 135 Å². The SMILES string of the molecule is CCC(C)n1ccc(NC(=O)c2nn(CC)c3ccccc23)n1. The van der Waals surface area contributed by atoms with E-state index in [2.05, 4.69) is 29.4 Å². The third-order valence-corrected chi connectivity index (χ3v) is 4.06. The number of para-hydroxylation sites is 1. The van der Waals surface area contributed by atoms with Crippen LogP contribution in [0.3, 0.4) is 0 Å². The van der Waals surface area contributed by atoms with Crippen molar-refractivity contribution in [2.75, 3.05) is 5.32 Å². The number of carbonyl (C=O) groups excluding carboxylic acids is 1. The molecule has 2 heterocycles. The van der Waals surface area contributed by atoms with Crippen LogP contribution < -0.4 is 5.32 Å². The van der Waals surface area contributed by atoms with Gasteiger partial charge >= 0.3 is 0 Å². The van der Waals surface area contributed by atoms with Gasteiger partial charge in [0.05, 0.1) is 5.52 Å². The van der Waals surface area contributed by atoms with Crippen LogP contribution in [-0.4, -0.2) is 25.5 Å². The summed E-state index contributed by atoms with van der Waals surface area (Å²) in [4.78, 5) is 12.6. The number of anilines is 1. The summed E-state index contributed by atoms with van der Waals surface area (Å²) in [6, 6.07) is 9.87. The molecule has 0 saturated heterocycles. The molecule has 0 radical (unpaired) electrons. The Bertz CT molecular complexity index is 832. The van der Waals surface area contributed by atoms with E-state index in [-0.39, 0.29) is 5.91 Å². The largest absolute Gasteiger partial charge is 0.304 e. The van der Waals surface area contributed by atoms with Gasteiger partial charge in [-0.15, -0.1) is 0 Å². The summed E-state index contributed by atoms with van der Waals surface area (Å²) in [5.41, 5.74) is 1.39. The van der Waals surface area contributed by atoms with Crippen LogP contribution in [0, 0.1) is 0 Å². The summed E-state index contributed by atoms with van der Waals surface area (Å²) < 4.78 is 3.69. The molecule has 2 aromatic heterocycles. The van der Waals surface area contributed by atoms with Crippen LogP contribution in [0.15, 0.2) is 36.5 Å². The van der Waals surface area contributed by atoms with Crippen molar-refractivity contribution in [3.63, 3.8) is 0 Å². The second kappa shape index (κ2) is 6.24. The lowest BCUT2D eigenvalue weighted by molar-refractivity contribution is 0.102. The van der Waals surface area contributed by atoms with Crippen LogP contribution in [-0.2, 0) is 6.54 Å². The maximum atomic E-state index is 12.6. The molecule has 0 aliphatic heterocycles. The Morgan fingerprint density at radius 1 is 1.22 bits per heavy atom. The van der Waals surface area contributed by atoms with Gasteiger partial charge in [-0.25, -0.2) is 0 Å². The quantitative estimate of drug-likeness (QED) is 0.784. The van der Waals surface area contributed by atoms with Crippen molar-refractivity contribution in [2.45, 2.75) is 39.8 Å². The lowest BCUT2D eigenvalue weighted by Crippen LogP contribution is -2.14. The highest BCUT2D eigenvalue weighted by Crippen LogP contribution is 2.20. The molecule has 0 aliphatic carbocycles. The molecule has 120 valence electrons. The molecule has 1 atom stereocenters. The van der Waals surface area contributed by atoms with Crippen molar-refractivity contribution in [3.8, 4) is 0 Å². The minimum atomic E-state index is -0.234. The summed E-state index contributed by atoms with van der Waals surface area (Å²) >= 11 is 0. The van der Waals surface area contributed by atoms with E-state index in [1.807, 2.05) is 52.8 Å². The zero-order valence-electron chi connectivity index (χ0n) is 13.7. The molecule has 1 amide bonds. The molecule has 3 rings (SSSR count). The van der Waals surface area contributed by atoms with Gasteiger partial charge in [-0.1, -0.05) is 25.1 Å². The molecular formula is C17H21N5O. The zero-order valence-corrected chi connectivity index (χ0v) is 13.7. The number of aromatic nitrogens is 4. The van der Waals surface area contributed by atoms with Gasteiger partial charge in [-0.3, -0.25) is 14.2 Å². The Kier molecular flexibility index (Phi) is 4.14. The van der Waals surface area contributed by atoms with Gasteiger partial charge in [0.1, 0.15) is 0 Å². The molecule has 1 N–H and O–H groups in total. The molecule has 0 fully saturated rings. The zero-order chi connectivity index (χ0) is 16.4. The molecule has 6 heteroatoms. The molecule has 3 aromatic rings. The van der Waals surface area contributed by atoms with Crippen LogP contribution in [0.25, 0.3) is 10.9 Å². The van der Waals surface area contributed by atoms with Crippen LogP contribution in [0.1, 0.15) is 43.7 Å². The Morgan fingerprint density at radius 2 is 2.00 bits per heavy atom. The number of nitrogens with zero attached hydrogens (tertiary/aromatic N) is 4. The lowest BCUT2D eigenvalue weighted by atomic mass is 10.2. The topological polar surface area (TPSA) is 64.7 Å². The standard InChI is InChI=1S/C17H21N5O/c1-4-12(3)22-11-10-15(19-22)18-17(23)16-13-8-6-7-9-14(13)21(5-2)20-16/h6-12H,4-5H2,1-3H3,(H,18,19,23). The van der Waals surface area contributed by atoms with E-state index in [4.69, 9.17) is 0 Å². The van der Waals surface area contributed by atoms with Gasteiger partial charge in [0.25, 0.3) is 5.91 Å². The highest BCUT2D eigenvalue weighted by Gasteiger charge is 2.17. The van der Waals surface area contributed by atoms with E-state index >= 15 is 0 Å². The number of nitrogens with one attached hydrogen (secondary N) is 1. The van der Waals surface area contributed by atoms with E-state index in [1.54, 1.807) is 0 Å². The number of fused-ring (bicyclic) bond motifs is 1. The highest BCUT2D eigenvalue weighted by atomic mass is 16.2. The van der Waals surface area contributed by atoms with Gasteiger partial charge in [-0.05, 0) is 26.3 Å². The summed E-state index contributed by atoms with van der Waals surface area (Å²) in [7, 11) is 0. The third-order valence-electron chi connectivity index (χ3n) is 4.06. The fraction of sp³-hybridized carbons (Fsp3) is 0.353. The Balaban J connectivity index is 1.88. The predicted octanol–water partition coefficient (Wildman–Crippen LogP) is 3.48. The fourth-order valence-electron chi connectivity index (χ4n) is 2.55. The number of carbonyl (C=O) groups is 1. The second-order valence-electron chi connectivity index (χ2n) is 5.57. The molecule has 1 unspecified atom stereocenters. The molecule has 0 spiro atoms. The van der Waals surface area contributed by atoms with E-state index in [1.165, 1.54) is 0 Å². The maximum absolute atomic E-state index is 12.6. The average Bonchev–Trinajstić information content (AvgIpc) is 3.18. The Hall–Kier alpha value is -2.63. The van der Waals surface area contributed by atoms with E-state index in [0.717, 1.165) is 23.9 Å². The van der Waals surface area contributed by atoms with Gasteiger partial charge in [0.15, 0.2) is 11.5 Å². The van der Waals surface area contributed by atoms with Crippen LogP contribution in [0.2, 0.25) is 0 Å². The first-order chi connectivity index (χ1) is 11.1. The molecule has 23 heavy (non-hydrogen) atoms. The summed E-state index contributed by atoms with van der Waals surface area (Å²) in [5.74, 6) is 0.313. The first-order valence-electron chi connectivity index (χ1n) is 7.96. The van der Waals surface area contributed by atoms with E-state index in [0.29, 0.717) is 17.6 Å². The third kappa shape index (κ3) is 2.84. The average molecular weight is 311 g/mol. The number of rotatable bonds is 5. The summed E-state index contributed by atoms with van der Waals surface area (Å²) in [6.45, 7) is 6.93. The fourth-order valence-corrected chi connectivity index (χ4v) is 2.55. The monoisotopic (exact) mass is 311 g/mol. The summed E-state index contributed by atoms with van der Waals surface area (Å²) in [5, 5.41) is 12.5. The molecule has 6 nitrogen and oxygen atoms in total. The predicted molar refractivity (Wildman–Crippen MR) is 90.6 cm³/mol. The van der Waals surface area contributed by atoms with Crippen molar-refractivity contribution in [3.05, 3.63) is 42.2 Å². The van der Waals surface area contributed by atoms with Crippen molar-refractivity contribution in [2.24, 2.45) is 0 Å². The smallest absolute Gasteiger partial charge is 0.278 e. The first kappa shape index (κ1) is 15.3. The molecule has 0 bridgehead atoms. The summed E-state index contributed by atoms with van der Waals surface area (Å²) in [6.07, 6.45) is 2.87. The number of amides is 1. The number of benzene rings is 1. The van der Waals surface area contributed by atoms with Crippen molar-refractivity contribution < 1.29 is 4.79 Å². The first-order valence-corrected chi connectivity index (χ1v) is 7.96. The van der Waals surface area contributed by atoms with Crippen molar-refractivity contribution >= 4 is 22.6 Å². The normalized spacial score (nSPS) is 12.5. The number of hydrogen-bond donors (Lipinski definition) is 1. The molecule has 0 aliphatic rings. The van der Waals surface area contributed by atoms with Crippen LogP contribution in [0.4, 0.5) is 5.82 Å². The number of hydrogen-bond acceptors (Lipinski definition) is 3. The van der Waals surface area contributed by atoms with E-state index < -0.39 is 0 Å². The van der Waals surface area contributed by atoms with E-state index in [9.17, 15) is 4.79 Å². The van der Waals surface area contributed by atoms with Crippen molar-refractivity contribution in [1.29, 1.82) is 0 Å². The minimum absolute atomic E-state index is 0.234. The lowest BCUT2D eigenvalue weighted by Gasteiger charge is -2.08. The number of aryl methyl sites for hydroxylation is 1. The van der Waals surface area contributed by atoms with Gasteiger partial charge < -0.3 is 5.32 Å². The van der Waals surface area contributed by atoms with Crippen LogP contribution in [0.5, 0.6) is 0 Å². The molecule has 1 aromatic carbocycles. The Morgan fingerprint density at radius 3 is 2.74 bits per heavy atom. The van der Waals surface area contributed by atoms with Gasteiger partial charge in [-0.2, -0.15) is 10.2 Å². The molecule has 0 saturated carbocycles. The highest BCUT2D eigenvalue weighted by molar-refractivity contribution is 6.10. The minimum Gasteiger partial charge on any atom is -0.304 e. The second-order valence-corrected chi connectivity index (χ2v) is 5.57. The van der Waals surface area contributed by atoms with Gasteiger partial charge in [0, 0.05) is 30.2 Å². The maximum Gasteiger partial charge on any atom is 0.278 e.